The van der Waals surface area contributed by atoms with Gasteiger partial charge in [0.1, 0.15) is 6.04 Å². The molecule has 0 spiro atoms. The Morgan fingerprint density at radius 3 is 2.60 bits per heavy atom. The van der Waals surface area contributed by atoms with Crippen molar-refractivity contribution >= 4 is 17.3 Å². The summed E-state index contributed by atoms with van der Waals surface area (Å²) in [6, 6.07) is 3.11. The van der Waals surface area contributed by atoms with Crippen LogP contribution in [0.25, 0.3) is 0 Å². The van der Waals surface area contributed by atoms with Crippen LogP contribution >= 0.6 is 0 Å². The highest BCUT2D eigenvalue weighted by Gasteiger charge is 2.33. The molecule has 7 heteroatoms. The second-order valence-electron chi connectivity index (χ2n) is 4.95. The predicted molar refractivity (Wildman–Crippen MR) is 70.1 cm³/mol. The molecule has 0 heterocycles. The number of benzene rings is 1. The topological polar surface area (TPSA) is 67.1 Å². The van der Waals surface area contributed by atoms with Gasteiger partial charge in [0.05, 0.1) is 5.56 Å². The van der Waals surface area contributed by atoms with E-state index in [4.69, 9.17) is 5.73 Å². The fraction of sp³-hybridized carbons (Fsp3) is 0.462. The van der Waals surface area contributed by atoms with Crippen molar-refractivity contribution in [1.29, 1.82) is 0 Å². The highest BCUT2D eigenvalue weighted by atomic mass is 19.4. The molecular formula is C13H16F3N3O. The van der Waals surface area contributed by atoms with E-state index in [9.17, 15) is 18.0 Å². The van der Waals surface area contributed by atoms with Gasteiger partial charge in [0, 0.05) is 17.4 Å². The van der Waals surface area contributed by atoms with E-state index in [2.05, 4.69) is 10.6 Å². The van der Waals surface area contributed by atoms with Crippen molar-refractivity contribution in [2.24, 2.45) is 0 Å². The fourth-order valence-corrected chi connectivity index (χ4v) is 1.76. The maximum absolute atomic E-state index is 12.7. The van der Waals surface area contributed by atoms with E-state index in [-0.39, 0.29) is 23.3 Å². The number of halogens is 3. The van der Waals surface area contributed by atoms with Gasteiger partial charge in [0.2, 0.25) is 5.91 Å². The van der Waals surface area contributed by atoms with Gasteiger partial charge in [-0.1, -0.05) is 0 Å². The molecule has 4 N–H and O–H groups in total. The van der Waals surface area contributed by atoms with Crippen molar-refractivity contribution in [3.63, 3.8) is 0 Å². The summed E-state index contributed by atoms with van der Waals surface area (Å²) in [6.07, 6.45) is -2.60. The molecule has 110 valence electrons. The van der Waals surface area contributed by atoms with E-state index in [1.165, 1.54) is 12.1 Å². The third-order valence-electron chi connectivity index (χ3n) is 3.06. The molecule has 1 aromatic rings. The maximum atomic E-state index is 12.7. The number of nitrogen functional groups attached to an aromatic ring is 1. The minimum absolute atomic E-state index is 0.212. The lowest BCUT2D eigenvalue weighted by Crippen LogP contribution is -2.38. The summed E-state index contributed by atoms with van der Waals surface area (Å²) in [4.78, 5) is 11.7. The molecular weight excluding hydrogens is 271 g/mol. The van der Waals surface area contributed by atoms with Crippen LogP contribution in [0, 0.1) is 0 Å². The first-order valence-electron chi connectivity index (χ1n) is 6.31. The van der Waals surface area contributed by atoms with Crippen LogP contribution in [-0.4, -0.2) is 18.0 Å². The first-order chi connectivity index (χ1) is 9.27. The van der Waals surface area contributed by atoms with Gasteiger partial charge in [-0.25, -0.2) is 0 Å². The summed E-state index contributed by atoms with van der Waals surface area (Å²) >= 11 is 0. The average Bonchev–Trinajstić information content (AvgIpc) is 3.14. The highest BCUT2D eigenvalue weighted by molar-refractivity contribution is 5.84. The maximum Gasteiger partial charge on any atom is 0.418 e. The minimum atomic E-state index is -4.51. The minimum Gasteiger partial charge on any atom is -0.398 e. The number of hydrogen-bond acceptors (Lipinski definition) is 3. The quantitative estimate of drug-likeness (QED) is 0.745. The largest absolute Gasteiger partial charge is 0.418 e. The molecule has 1 atom stereocenters. The van der Waals surface area contributed by atoms with Crippen molar-refractivity contribution in [1.82, 2.24) is 5.32 Å². The molecule has 1 unspecified atom stereocenters. The van der Waals surface area contributed by atoms with E-state index in [1.54, 1.807) is 6.92 Å². The van der Waals surface area contributed by atoms with Crippen LogP contribution in [0.2, 0.25) is 0 Å². The molecule has 1 aliphatic rings. The Hall–Kier alpha value is -1.92. The van der Waals surface area contributed by atoms with Gasteiger partial charge in [0.25, 0.3) is 0 Å². The standard InChI is InChI=1S/C13H16F3N3O/c1-7(12(20)19-8-2-3-8)18-9-4-5-11(17)10(6-9)13(14,15)16/h4-8,18H,2-3,17H2,1H3,(H,19,20). The predicted octanol–water partition coefficient (Wildman–Crippen LogP) is 2.37. The normalized spacial score (nSPS) is 16.6. The first kappa shape index (κ1) is 14.5. The van der Waals surface area contributed by atoms with Crippen LogP contribution in [0.1, 0.15) is 25.3 Å². The van der Waals surface area contributed by atoms with Crippen molar-refractivity contribution in [3.8, 4) is 0 Å². The molecule has 1 aliphatic carbocycles. The Kier molecular flexibility index (Phi) is 3.78. The second-order valence-corrected chi connectivity index (χ2v) is 4.95. The molecule has 0 aromatic heterocycles. The lowest BCUT2D eigenvalue weighted by Gasteiger charge is -2.17. The Bertz CT molecular complexity index is 512. The van der Waals surface area contributed by atoms with E-state index in [0.717, 1.165) is 18.9 Å². The molecule has 0 saturated heterocycles. The number of alkyl halides is 3. The molecule has 2 rings (SSSR count). The summed E-state index contributed by atoms with van der Waals surface area (Å²) in [5.41, 5.74) is 4.29. The van der Waals surface area contributed by atoms with Gasteiger partial charge in [0.15, 0.2) is 0 Å². The van der Waals surface area contributed by atoms with Crippen LogP contribution in [0.15, 0.2) is 18.2 Å². The number of amides is 1. The summed E-state index contributed by atoms with van der Waals surface area (Å²) in [6.45, 7) is 1.60. The van der Waals surface area contributed by atoms with E-state index in [1.807, 2.05) is 0 Å². The van der Waals surface area contributed by atoms with Crippen molar-refractivity contribution in [2.45, 2.75) is 38.0 Å². The summed E-state index contributed by atoms with van der Waals surface area (Å²) in [7, 11) is 0. The van der Waals surface area contributed by atoms with Crippen molar-refractivity contribution < 1.29 is 18.0 Å². The van der Waals surface area contributed by atoms with Gasteiger partial charge >= 0.3 is 6.18 Å². The summed E-state index contributed by atoms with van der Waals surface area (Å²) in [5.74, 6) is -0.224. The van der Waals surface area contributed by atoms with Gasteiger partial charge in [-0.15, -0.1) is 0 Å². The van der Waals surface area contributed by atoms with E-state index < -0.39 is 17.8 Å². The summed E-state index contributed by atoms with van der Waals surface area (Å²) < 4.78 is 38.2. The fourth-order valence-electron chi connectivity index (χ4n) is 1.76. The lowest BCUT2D eigenvalue weighted by atomic mass is 10.1. The molecule has 4 nitrogen and oxygen atoms in total. The van der Waals surface area contributed by atoms with Crippen LogP contribution in [-0.2, 0) is 11.0 Å². The van der Waals surface area contributed by atoms with Crippen LogP contribution < -0.4 is 16.4 Å². The number of anilines is 2. The zero-order valence-corrected chi connectivity index (χ0v) is 10.9. The monoisotopic (exact) mass is 287 g/mol. The SMILES string of the molecule is CC(Nc1ccc(N)c(C(F)(F)F)c1)C(=O)NC1CC1. The number of rotatable bonds is 4. The Morgan fingerprint density at radius 2 is 2.05 bits per heavy atom. The molecule has 1 amide bonds. The smallest absolute Gasteiger partial charge is 0.398 e. The molecule has 0 aliphatic heterocycles. The van der Waals surface area contributed by atoms with Crippen LogP contribution in [0.5, 0.6) is 0 Å². The van der Waals surface area contributed by atoms with Gasteiger partial charge < -0.3 is 16.4 Å². The van der Waals surface area contributed by atoms with Gasteiger partial charge in [-0.3, -0.25) is 4.79 Å². The number of hydrogen-bond donors (Lipinski definition) is 3. The number of carbonyl (C=O) groups excluding carboxylic acids is 1. The zero-order chi connectivity index (χ0) is 14.9. The van der Waals surface area contributed by atoms with E-state index >= 15 is 0 Å². The highest BCUT2D eigenvalue weighted by Crippen LogP contribution is 2.35. The molecule has 20 heavy (non-hydrogen) atoms. The van der Waals surface area contributed by atoms with Gasteiger partial charge in [-0.2, -0.15) is 13.2 Å². The van der Waals surface area contributed by atoms with Crippen molar-refractivity contribution in [2.75, 3.05) is 11.1 Å². The molecule has 1 fully saturated rings. The second kappa shape index (κ2) is 5.22. The number of nitrogens with two attached hydrogens (primary N) is 1. The average molecular weight is 287 g/mol. The molecule has 0 bridgehead atoms. The number of carbonyl (C=O) groups is 1. The third kappa shape index (κ3) is 3.55. The first-order valence-corrected chi connectivity index (χ1v) is 6.31. The van der Waals surface area contributed by atoms with E-state index in [0.29, 0.717) is 0 Å². The Morgan fingerprint density at radius 1 is 1.40 bits per heavy atom. The van der Waals surface area contributed by atoms with Gasteiger partial charge in [-0.05, 0) is 38.0 Å². The van der Waals surface area contributed by atoms with Crippen molar-refractivity contribution in [3.05, 3.63) is 23.8 Å². The van der Waals surface area contributed by atoms with Crippen LogP contribution in [0.4, 0.5) is 24.5 Å². The Labute approximate surface area is 114 Å². The summed E-state index contributed by atoms with van der Waals surface area (Å²) in [5, 5.41) is 5.53. The number of nitrogens with one attached hydrogen (secondary N) is 2. The lowest BCUT2D eigenvalue weighted by molar-refractivity contribution is -0.136. The Balaban J connectivity index is 2.07. The zero-order valence-electron chi connectivity index (χ0n) is 10.9. The van der Waals surface area contributed by atoms with Crippen LogP contribution in [0.3, 0.4) is 0 Å². The molecule has 1 aromatic carbocycles. The molecule has 0 radical (unpaired) electrons. The molecule has 1 saturated carbocycles. The third-order valence-corrected chi connectivity index (χ3v) is 3.06.